The molecular formula is C17H15F2NO4S. The van der Waals surface area contributed by atoms with Gasteiger partial charge in [0.1, 0.15) is 5.75 Å². The number of rotatable bonds is 2. The van der Waals surface area contributed by atoms with E-state index in [9.17, 15) is 18.7 Å². The number of thiol groups is 1. The molecule has 0 amide bonds. The summed E-state index contributed by atoms with van der Waals surface area (Å²) in [6.45, 7) is -0.392. The van der Waals surface area contributed by atoms with Crippen molar-refractivity contribution in [3.8, 4) is 11.5 Å². The molecule has 0 unspecified atom stereocenters. The molecule has 2 aliphatic rings. The Morgan fingerprint density at radius 2 is 1.92 bits per heavy atom. The van der Waals surface area contributed by atoms with Gasteiger partial charge in [-0.3, -0.25) is 0 Å². The van der Waals surface area contributed by atoms with Crippen LogP contribution in [-0.2, 0) is 10.3 Å². The summed E-state index contributed by atoms with van der Waals surface area (Å²) in [7, 11) is 1.42. The highest BCUT2D eigenvalue weighted by Crippen LogP contribution is 2.39. The summed E-state index contributed by atoms with van der Waals surface area (Å²) in [5.41, 5.74) is -1.41. The number of halogens is 2. The Labute approximate surface area is 148 Å². The van der Waals surface area contributed by atoms with Gasteiger partial charge in [0, 0.05) is 12.8 Å². The first-order chi connectivity index (χ1) is 11.9. The average Bonchev–Trinajstić information content (AvgIpc) is 2.59. The second kappa shape index (κ2) is 6.44. The fraction of sp³-hybridized carbons (Fsp3) is 0.235. The van der Waals surface area contributed by atoms with Crippen LogP contribution in [0.15, 0.2) is 36.4 Å². The number of hydrogen-bond donors (Lipinski definition) is 2. The number of fused-ring (bicyclic) bond motifs is 5. The summed E-state index contributed by atoms with van der Waals surface area (Å²) < 4.78 is 39.1. The van der Waals surface area contributed by atoms with E-state index in [0.717, 1.165) is 6.07 Å². The Balaban J connectivity index is 2.29. The van der Waals surface area contributed by atoms with Crippen LogP contribution >= 0.6 is 12.6 Å². The lowest BCUT2D eigenvalue weighted by Crippen LogP contribution is -2.52. The largest absolute Gasteiger partial charge is 0.479 e. The summed E-state index contributed by atoms with van der Waals surface area (Å²) in [5, 5.41) is 9.91. The van der Waals surface area contributed by atoms with Crippen LogP contribution in [0.4, 0.5) is 14.5 Å². The van der Waals surface area contributed by atoms with Crippen molar-refractivity contribution in [3.63, 3.8) is 0 Å². The molecule has 1 N–H and O–H groups in total. The van der Waals surface area contributed by atoms with Gasteiger partial charge in [-0.15, -0.1) is 0 Å². The molecule has 0 saturated carbocycles. The van der Waals surface area contributed by atoms with Gasteiger partial charge in [0.05, 0.1) is 5.69 Å². The molecule has 0 fully saturated rings. The topological polar surface area (TPSA) is 59.0 Å². The van der Waals surface area contributed by atoms with E-state index in [4.69, 9.17) is 9.47 Å². The van der Waals surface area contributed by atoms with E-state index in [1.807, 2.05) is 0 Å². The zero-order valence-electron chi connectivity index (χ0n) is 13.2. The number of ether oxygens (including phenoxy) is 2. The van der Waals surface area contributed by atoms with Crippen molar-refractivity contribution in [1.29, 1.82) is 0 Å². The number of carboxylic acid groups (broad SMARTS) is 1. The van der Waals surface area contributed by atoms with E-state index >= 15 is 0 Å². The molecule has 8 heteroatoms. The number of benzene rings is 2. The molecule has 0 aliphatic carbocycles. The first-order valence-corrected chi connectivity index (χ1v) is 7.97. The Bertz CT molecular complexity index is 815. The van der Waals surface area contributed by atoms with Crippen LogP contribution in [0.25, 0.3) is 0 Å². The Hall–Kier alpha value is -2.48. The van der Waals surface area contributed by atoms with Crippen LogP contribution in [-0.4, -0.2) is 30.7 Å². The first kappa shape index (κ1) is 17.3. The Kier molecular flexibility index (Phi) is 4.47. The van der Waals surface area contributed by atoms with Crippen molar-refractivity contribution < 1.29 is 28.2 Å². The van der Waals surface area contributed by atoms with Gasteiger partial charge >= 0.3 is 5.97 Å². The molecule has 4 rings (SSSR count). The zero-order valence-corrected chi connectivity index (χ0v) is 14.1. The number of likely N-dealkylation sites (N-methyl/N-ethyl adjacent to an activating group) is 1. The maximum atomic E-state index is 14.8. The highest BCUT2D eigenvalue weighted by Gasteiger charge is 2.45. The van der Waals surface area contributed by atoms with Gasteiger partial charge in [-0.05, 0) is 29.8 Å². The third-order valence-electron chi connectivity index (χ3n) is 4.31. The minimum absolute atomic E-state index is 0.127. The van der Waals surface area contributed by atoms with Crippen molar-refractivity contribution in [1.82, 2.24) is 0 Å². The molecule has 2 aromatic carbocycles. The maximum Gasteiger partial charge on any atom is 0.335 e. The maximum absolute atomic E-state index is 14.8. The quantitative estimate of drug-likeness (QED) is 0.799. The third-order valence-corrected chi connectivity index (χ3v) is 4.76. The summed E-state index contributed by atoms with van der Waals surface area (Å²) in [6, 6.07) is 8.45. The summed E-state index contributed by atoms with van der Waals surface area (Å²) in [6.07, 6.45) is 0. The molecule has 0 saturated heterocycles. The molecule has 5 nitrogen and oxygen atoms in total. The Morgan fingerprint density at radius 3 is 2.52 bits per heavy atom. The van der Waals surface area contributed by atoms with Crippen molar-refractivity contribution in [2.24, 2.45) is 0 Å². The standard InChI is InChI=1S/C17H15F2NO4S/c1-20-13-7-6-12(18)15(14(13)19)24-9-23-11-4-2-10(3-5-11)17(20,8-25)16(21)22/h2-7,25H,8-9H2,1H3,(H,21,22)/t17-/m0/s1. The molecule has 2 aliphatic heterocycles. The lowest BCUT2D eigenvalue weighted by Gasteiger charge is -2.39. The molecule has 25 heavy (non-hydrogen) atoms. The molecular weight excluding hydrogens is 352 g/mol. The van der Waals surface area contributed by atoms with Gasteiger partial charge in [0.2, 0.25) is 6.79 Å². The molecule has 132 valence electrons. The molecule has 0 radical (unpaired) electrons. The van der Waals surface area contributed by atoms with Crippen LogP contribution in [0.5, 0.6) is 11.5 Å². The van der Waals surface area contributed by atoms with Gasteiger partial charge in [-0.1, -0.05) is 12.1 Å². The van der Waals surface area contributed by atoms with Crippen molar-refractivity contribution >= 4 is 24.3 Å². The molecule has 4 bridgehead atoms. The third kappa shape index (κ3) is 2.66. The minimum Gasteiger partial charge on any atom is -0.479 e. The highest BCUT2D eigenvalue weighted by molar-refractivity contribution is 7.80. The van der Waals surface area contributed by atoms with E-state index in [2.05, 4.69) is 12.6 Å². The number of nitrogens with zero attached hydrogens (tertiary/aromatic N) is 1. The molecule has 2 heterocycles. The zero-order chi connectivity index (χ0) is 18.2. The second-order valence-corrected chi connectivity index (χ2v) is 5.84. The van der Waals surface area contributed by atoms with Crippen LogP contribution in [0.3, 0.4) is 0 Å². The van der Waals surface area contributed by atoms with Crippen molar-refractivity contribution in [2.45, 2.75) is 5.54 Å². The minimum atomic E-state index is -1.67. The summed E-state index contributed by atoms with van der Waals surface area (Å²) in [4.78, 5) is 13.4. The fourth-order valence-corrected chi connectivity index (χ4v) is 3.36. The lowest BCUT2D eigenvalue weighted by molar-refractivity contribution is -0.142. The van der Waals surface area contributed by atoms with Gasteiger partial charge in [0.25, 0.3) is 0 Å². The molecule has 1 atom stereocenters. The van der Waals surface area contributed by atoms with Crippen molar-refractivity contribution in [3.05, 3.63) is 53.6 Å². The molecule has 0 aromatic heterocycles. The van der Waals surface area contributed by atoms with Gasteiger partial charge in [0.15, 0.2) is 22.9 Å². The Morgan fingerprint density at radius 1 is 1.24 bits per heavy atom. The molecule has 2 aromatic rings. The second-order valence-electron chi connectivity index (χ2n) is 5.52. The normalized spacial score (nSPS) is 19.4. The summed E-state index contributed by atoms with van der Waals surface area (Å²) >= 11 is 4.20. The predicted octanol–water partition coefficient (Wildman–Crippen LogP) is 3.04. The van der Waals surface area contributed by atoms with Crippen LogP contribution in [0, 0.1) is 11.6 Å². The van der Waals surface area contributed by atoms with Crippen LogP contribution in [0.1, 0.15) is 5.56 Å². The van der Waals surface area contributed by atoms with Gasteiger partial charge in [-0.2, -0.15) is 12.6 Å². The van der Waals surface area contributed by atoms with E-state index in [1.165, 1.54) is 18.0 Å². The predicted molar refractivity (Wildman–Crippen MR) is 90.5 cm³/mol. The number of anilines is 1. The highest BCUT2D eigenvalue weighted by atomic mass is 32.1. The van der Waals surface area contributed by atoms with E-state index in [0.29, 0.717) is 11.3 Å². The fourth-order valence-electron chi connectivity index (χ4n) is 2.83. The van der Waals surface area contributed by atoms with Gasteiger partial charge < -0.3 is 19.5 Å². The number of aliphatic carboxylic acids is 1. The van der Waals surface area contributed by atoms with E-state index in [1.54, 1.807) is 24.3 Å². The van der Waals surface area contributed by atoms with E-state index in [-0.39, 0.29) is 11.4 Å². The average molecular weight is 367 g/mol. The van der Waals surface area contributed by atoms with Crippen molar-refractivity contribution in [2.75, 3.05) is 24.5 Å². The molecule has 0 spiro atoms. The van der Waals surface area contributed by atoms with Gasteiger partial charge in [-0.25, -0.2) is 13.6 Å². The van der Waals surface area contributed by atoms with E-state index < -0.39 is 35.7 Å². The SMILES string of the molecule is CN1c2ccc(F)c(c2F)OCOc2ccc(cc2)[C@@]1(CS)C(=O)O. The number of carbonyl (C=O) groups is 1. The van der Waals surface area contributed by atoms with Crippen LogP contribution in [0.2, 0.25) is 0 Å². The lowest BCUT2D eigenvalue weighted by atomic mass is 9.89. The number of carboxylic acids is 1. The summed E-state index contributed by atoms with van der Waals surface area (Å²) in [5.74, 6) is -3.53. The first-order valence-electron chi connectivity index (χ1n) is 7.34. The monoisotopic (exact) mass is 367 g/mol. The number of hydrogen-bond acceptors (Lipinski definition) is 5. The smallest absolute Gasteiger partial charge is 0.335 e. The van der Waals surface area contributed by atoms with Crippen LogP contribution < -0.4 is 14.4 Å².